The number of unbranched alkanes of at least 4 members (excludes halogenated alkanes) is 1. The topological polar surface area (TPSA) is 109 Å². The van der Waals surface area contributed by atoms with E-state index in [0.29, 0.717) is 5.96 Å². The van der Waals surface area contributed by atoms with Crippen molar-refractivity contribution in [3.05, 3.63) is 39.9 Å². The molecule has 8 heteroatoms. The van der Waals surface area contributed by atoms with Gasteiger partial charge in [-0.1, -0.05) is 12.1 Å². The number of non-ortho nitro benzene ring substituents is 1. The standard InChI is InChI=1S/C19H31N5O3/c1-5-20-18(22-14-17(25)23-19(2,3)4)21-13-7-6-8-15-9-11-16(12-10-15)24(26)27/h9-12H,5-8,13-14H2,1-4H3,(H,23,25)(H2,20,21,22). The van der Waals surface area contributed by atoms with Crippen LogP contribution < -0.4 is 16.0 Å². The van der Waals surface area contributed by atoms with Gasteiger partial charge in [0.25, 0.3) is 5.69 Å². The predicted octanol–water partition coefficient (Wildman–Crippen LogP) is 2.39. The van der Waals surface area contributed by atoms with Crippen molar-refractivity contribution in [3.63, 3.8) is 0 Å². The summed E-state index contributed by atoms with van der Waals surface area (Å²) in [5, 5.41) is 19.9. The molecule has 0 aliphatic rings. The Morgan fingerprint density at radius 3 is 2.37 bits per heavy atom. The Morgan fingerprint density at radius 2 is 1.81 bits per heavy atom. The van der Waals surface area contributed by atoms with Crippen LogP contribution in [0.2, 0.25) is 0 Å². The molecule has 1 aromatic carbocycles. The lowest BCUT2D eigenvalue weighted by atomic mass is 10.1. The van der Waals surface area contributed by atoms with Crippen molar-refractivity contribution in [2.24, 2.45) is 4.99 Å². The van der Waals surface area contributed by atoms with Gasteiger partial charge in [-0.05, 0) is 52.5 Å². The van der Waals surface area contributed by atoms with Gasteiger partial charge < -0.3 is 16.0 Å². The summed E-state index contributed by atoms with van der Waals surface area (Å²) in [4.78, 5) is 26.4. The fraction of sp³-hybridized carbons (Fsp3) is 0.579. The highest BCUT2D eigenvalue weighted by molar-refractivity contribution is 5.85. The number of benzene rings is 1. The molecule has 1 aromatic rings. The highest BCUT2D eigenvalue weighted by Gasteiger charge is 2.13. The van der Waals surface area contributed by atoms with E-state index >= 15 is 0 Å². The zero-order valence-electron chi connectivity index (χ0n) is 16.7. The molecule has 0 bridgehead atoms. The summed E-state index contributed by atoms with van der Waals surface area (Å²) < 4.78 is 0. The van der Waals surface area contributed by atoms with Crippen LogP contribution in [0.3, 0.4) is 0 Å². The predicted molar refractivity (Wildman–Crippen MR) is 108 cm³/mol. The van der Waals surface area contributed by atoms with Crippen molar-refractivity contribution in [2.45, 2.75) is 52.5 Å². The number of guanidine groups is 1. The molecule has 0 radical (unpaired) electrons. The van der Waals surface area contributed by atoms with Crippen LogP contribution in [0.4, 0.5) is 5.69 Å². The van der Waals surface area contributed by atoms with E-state index in [1.165, 1.54) is 12.1 Å². The Kier molecular flexibility index (Phi) is 9.25. The van der Waals surface area contributed by atoms with Crippen molar-refractivity contribution < 1.29 is 9.72 Å². The van der Waals surface area contributed by atoms with E-state index in [9.17, 15) is 14.9 Å². The average Bonchev–Trinajstić information content (AvgIpc) is 2.58. The van der Waals surface area contributed by atoms with Crippen LogP contribution in [0, 0.1) is 10.1 Å². The maximum absolute atomic E-state index is 11.9. The molecule has 0 aliphatic carbocycles. The number of aryl methyl sites for hydroxylation is 1. The molecule has 1 rings (SSSR count). The third kappa shape index (κ3) is 10.2. The molecular formula is C19H31N5O3. The first-order valence-electron chi connectivity index (χ1n) is 9.28. The number of nitrogens with zero attached hydrogens (tertiary/aromatic N) is 2. The van der Waals surface area contributed by atoms with Crippen molar-refractivity contribution in [1.82, 2.24) is 16.0 Å². The summed E-state index contributed by atoms with van der Waals surface area (Å²) >= 11 is 0. The number of rotatable bonds is 9. The van der Waals surface area contributed by atoms with Gasteiger partial charge in [-0.3, -0.25) is 14.9 Å². The fourth-order valence-electron chi connectivity index (χ4n) is 2.40. The highest BCUT2D eigenvalue weighted by atomic mass is 16.6. The molecule has 3 N–H and O–H groups in total. The molecular weight excluding hydrogens is 346 g/mol. The van der Waals surface area contributed by atoms with Crippen LogP contribution in [0.25, 0.3) is 0 Å². The first-order chi connectivity index (χ1) is 12.7. The van der Waals surface area contributed by atoms with Gasteiger partial charge in [0.05, 0.1) is 4.92 Å². The zero-order valence-corrected chi connectivity index (χ0v) is 16.7. The average molecular weight is 377 g/mol. The number of hydrogen-bond donors (Lipinski definition) is 3. The number of nitro benzene ring substituents is 1. The van der Waals surface area contributed by atoms with Gasteiger partial charge in [-0.2, -0.15) is 0 Å². The molecule has 0 heterocycles. The van der Waals surface area contributed by atoms with E-state index in [4.69, 9.17) is 0 Å². The van der Waals surface area contributed by atoms with E-state index in [1.807, 2.05) is 27.7 Å². The molecule has 0 unspecified atom stereocenters. The molecule has 1 amide bonds. The van der Waals surface area contributed by atoms with Crippen molar-refractivity contribution in [2.75, 3.05) is 19.6 Å². The maximum atomic E-state index is 11.9. The van der Waals surface area contributed by atoms with Crippen molar-refractivity contribution in [3.8, 4) is 0 Å². The van der Waals surface area contributed by atoms with Crippen LogP contribution in [0.5, 0.6) is 0 Å². The van der Waals surface area contributed by atoms with Crippen molar-refractivity contribution >= 4 is 17.6 Å². The van der Waals surface area contributed by atoms with Crippen LogP contribution in [0.15, 0.2) is 29.3 Å². The first-order valence-corrected chi connectivity index (χ1v) is 9.28. The molecule has 0 fully saturated rings. The van der Waals surface area contributed by atoms with Gasteiger partial charge in [0.2, 0.25) is 5.91 Å². The normalized spacial score (nSPS) is 11.8. The van der Waals surface area contributed by atoms with Gasteiger partial charge in [-0.25, -0.2) is 4.99 Å². The molecule has 0 aromatic heterocycles. The molecule has 150 valence electrons. The number of amides is 1. The highest BCUT2D eigenvalue weighted by Crippen LogP contribution is 2.13. The fourth-order valence-corrected chi connectivity index (χ4v) is 2.40. The number of carbonyl (C=O) groups excluding carboxylic acids is 1. The number of nitro groups is 1. The number of carbonyl (C=O) groups is 1. The van der Waals surface area contributed by atoms with Crippen LogP contribution in [-0.4, -0.2) is 42.0 Å². The third-order valence-electron chi connectivity index (χ3n) is 3.57. The van der Waals surface area contributed by atoms with Gasteiger partial charge in [0.15, 0.2) is 5.96 Å². The number of hydrogen-bond acceptors (Lipinski definition) is 4. The lowest BCUT2D eigenvalue weighted by Crippen LogP contribution is -2.43. The molecule has 27 heavy (non-hydrogen) atoms. The number of nitrogens with one attached hydrogen (secondary N) is 3. The zero-order chi connectivity index (χ0) is 20.3. The molecule has 0 saturated carbocycles. The van der Waals surface area contributed by atoms with Gasteiger partial charge >= 0.3 is 0 Å². The Bertz CT molecular complexity index is 636. The van der Waals surface area contributed by atoms with E-state index in [0.717, 1.165) is 37.9 Å². The second-order valence-corrected chi connectivity index (χ2v) is 7.30. The summed E-state index contributed by atoms with van der Waals surface area (Å²) in [6, 6.07) is 6.66. The molecule has 0 aliphatic heterocycles. The Labute approximate surface area is 161 Å². The second kappa shape index (κ2) is 11.2. The minimum atomic E-state index is -0.392. The molecule has 0 spiro atoms. The van der Waals surface area contributed by atoms with E-state index in [2.05, 4.69) is 20.9 Å². The summed E-state index contributed by atoms with van der Waals surface area (Å²) in [6.07, 6.45) is 2.74. The SMILES string of the molecule is CCNC(=NCC(=O)NC(C)(C)C)NCCCCc1ccc([N+](=O)[O-])cc1. The van der Waals surface area contributed by atoms with Gasteiger partial charge in [0, 0.05) is 30.8 Å². The molecule has 8 nitrogen and oxygen atoms in total. The lowest BCUT2D eigenvalue weighted by molar-refractivity contribution is -0.384. The van der Waals surface area contributed by atoms with Gasteiger partial charge in [-0.15, -0.1) is 0 Å². The molecule has 0 atom stereocenters. The third-order valence-corrected chi connectivity index (χ3v) is 3.57. The summed E-state index contributed by atoms with van der Waals surface area (Å²) in [5.41, 5.74) is 0.929. The van der Waals surface area contributed by atoms with Crippen LogP contribution in [0.1, 0.15) is 46.1 Å². The Balaban J connectivity index is 2.34. The van der Waals surface area contributed by atoms with Crippen molar-refractivity contribution in [1.29, 1.82) is 0 Å². The van der Waals surface area contributed by atoms with E-state index in [1.54, 1.807) is 12.1 Å². The first kappa shape index (κ1) is 22.4. The minimum absolute atomic E-state index is 0.0788. The number of aliphatic imine (C=N–C) groups is 1. The summed E-state index contributed by atoms with van der Waals surface area (Å²) in [6.45, 7) is 9.31. The minimum Gasteiger partial charge on any atom is -0.357 e. The van der Waals surface area contributed by atoms with E-state index in [-0.39, 0.29) is 23.7 Å². The maximum Gasteiger partial charge on any atom is 0.269 e. The van der Waals surface area contributed by atoms with Crippen LogP contribution >= 0.6 is 0 Å². The summed E-state index contributed by atoms with van der Waals surface area (Å²) in [5.74, 6) is 0.509. The second-order valence-electron chi connectivity index (χ2n) is 7.30. The van der Waals surface area contributed by atoms with E-state index < -0.39 is 4.92 Å². The quantitative estimate of drug-likeness (QED) is 0.201. The summed E-state index contributed by atoms with van der Waals surface area (Å²) in [7, 11) is 0. The molecule has 0 saturated heterocycles. The van der Waals surface area contributed by atoms with Crippen LogP contribution in [-0.2, 0) is 11.2 Å². The Hall–Kier alpha value is -2.64. The smallest absolute Gasteiger partial charge is 0.269 e. The largest absolute Gasteiger partial charge is 0.357 e. The lowest BCUT2D eigenvalue weighted by Gasteiger charge is -2.20. The van der Waals surface area contributed by atoms with Gasteiger partial charge in [0.1, 0.15) is 6.54 Å². The Morgan fingerprint density at radius 1 is 1.15 bits per heavy atom. The monoisotopic (exact) mass is 377 g/mol.